The lowest BCUT2D eigenvalue weighted by atomic mass is 10.2. The van der Waals surface area contributed by atoms with Gasteiger partial charge < -0.3 is 5.32 Å². The molecule has 0 fully saturated rings. The zero-order valence-electron chi connectivity index (χ0n) is 9.88. The summed E-state index contributed by atoms with van der Waals surface area (Å²) in [6.45, 7) is 3.27. The summed E-state index contributed by atoms with van der Waals surface area (Å²) in [6.07, 6.45) is 9.16. The van der Waals surface area contributed by atoms with E-state index in [1.807, 2.05) is 36.5 Å². The molecule has 1 aromatic rings. The second-order valence-electron chi connectivity index (χ2n) is 3.87. The lowest BCUT2D eigenvalue weighted by molar-refractivity contribution is 0.646. The van der Waals surface area contributed by atoms with Crippen LogP contribution >= 0.6 is 11.6 Å². The number of nitrogens with one attached hydrogen (secondary N) is 1. The fourth-order valence-corrected chi connectivity index (χ4v) is 1.69. The van der Waals surface area contributed by atoms with Gasteiger partial charge in [0.15, 0.2) is 0 Å². The minimum atomic E-state index is 0.798. The van der Waals surface area contributed by atoms with Crippen molar-refractivity contribution in [2.24, 2.45) is 0 Å². The molecule has 0 atom stereocenters. The first-order valence-corrected chi connectivity index (χ1v) is 6.37. The van der Waals surface area contributed by atoms with Crippen molar-refractivity contribution >= 4 is 17.7 Å². The van der Waals surface area contributed by atoms with Crippen molar-refractivity contribution in [1.82, 2.24) is 5.32 Å². The first-order chi connectivity index (χ1) is 7.84. The van der Waals surface area contributed by atoms with Crippen molar-refractivity contribution < 1.29 is 0 Å². The second kappa shape index (κ2) is 8.23. The van der Waals surface area contributed by atoms with Gasteiger partial charge >= 0.3 is 0 Å². The Balaban J connectivity index is 2.20. The molecule has 0 radical (unpaired) electrons. The fraction of sp³-hybridized carbons (Fsp3) is 0.429. The SMILES string of the molecule is CCCCCCNC=Cc1ccccc1Cl. The Bertz CT molecular complexity index is 320. The van der Waals surface area contributed by atoms with E-state index in [2.05, 4.69) is 12.2 Å². The van der Waals surface area contributed by atoms with Gasteiger partial charge in [0.2, 0.25) is 0 Å². The molecule has 0 amide bonds. The van der Waals surface area contributed by atoms with Gasteiger partial charge in [0, 0.05) is 11.6 Å². The summed E-state index contributed by atoms with van der Waals surface area (Å²) < 4.78 is 0. The highest BCUT2D eigenvalue weighted by Gasteiger charge is 1.92. The van der Waals surface area contributed by atoms with Crippen molar-refractivity contribution in [1.29, 1.82) is 0 Å². The minimum absolute atomic E-state index is 0.798. The molecule has 88 valence electrons. The first-order valence-electron chi connectivity index (χ1n) is 5.99. The smallest absolute Gasteiger partial charge is 0.0478 e. The van der Waals surface area contributed by atoms with Gasteiger partial charge in [-0.25, -0.2) is 0 Å². The van der Waals surface area contributed by atoms with Crippen LogP contribution in [-0.4, -0.2) is 6.54 Å². The average Bonchev–Trinajstić information content (AvgIpc) is 2.30. The number of unbranched alkanes of at least 4 members (excludes halogenated alkanes) is 3. The van der Waals surface area contributed by atoms with E-state index in [-0.39, 0.29) is 0 Å². The molecule has 0 heterocycles. The topological polar surface area (TPSA) is 12.0 Å². The molecule has 0 unspecified atom stereocenters. The largest absolute Gasteiger partial charge is 0.391 e. The van der Waals surface area contributed by atoms with Gasteiger partial charge in [-0.3, -0.25) is 0 Å². The first kappa shape index (κ1) is 13.1. The van der Waals surface area contributed by atoms with Crippen LogP contribution in [0.25, 0.3) is 6.08 Å². The van der Waals surface area contributed by atoms with E-state index in [1.54, 1.807) is 0 Å². The minimum Gasteiger partial charge on any atom is -0.391 e. The Hall–Kier alpha value is -0.950. The van der Waals surface area contributed by atoms with Crippen LogP contribution in [-0.2, 0) is 0 Å². The van der Waals surface area contributed by atoms with Crippen molar-refractivity contribution in [3.8, 4) is 0 Å². The number of halogens is 1. The Morgan fingerprint density at radius 1 is 1.19 bits per heavy atom. The lowest BCUT2D eigenvalue weighted by Crippen LogP contribution is -2.06. The molecule has 1 aromatic carbocycles. The third kappa shape index (κ3) is 5.22. The molecular formula is C14H20ClN. The summed E-state index contributed by atoms with van der Waals surface area (Å²) >= 11 is 6.03. The van der Waals surface area contributed by atoms with Crippen LogP contribution < -0.4 is 5.32 Å². The van der Waals surface area contributed by atoms with Crippen LogP contribution in [0.2, 0.25) is 5.02 Å². The van der Waals surface area contributed by atoms with Gasteiger partial charge in [-0.15, -0.1) is 0 Å². The summed E-state index contributed by atoms with van der Waals surface area (Å²) in [7, 11) is 0. The quantitative estimate of drug-likeness (QED) is 0.690. The van der Waals surface area contributed by atoms with Gasteiger partial charge in [-0.1, -0.05) is 56.0 Å². The summed E-state index contributed by atoms with van der Waals surface area (Å²) in [5.41, 5.74) is 1.06. The van der Waals surface area contributed by atoms with E-state index < -0.39 is 0 Å². The third-order valence-electron chi connectivity index (χ3n) is 2.46. The molecule has 0 aliphatic carbocycles. The molecule has 0 aromatic heterocycles. The number of hydrogen-bond acceptors (Lipinski definition) is 1. The third-order valence-corrected chi connectivity index (χ3v) is 2.80. The van der Waals surface area contributed by atoms with Gasteiger partial charge in [0.25, 0.3) is 0 Å². The maximum atomic E-state index is 6.03. The number of hydrogen-bond donors (Lipinski definition) is 1. The maximum Gasteiger partial charge on any atom is 0.0478 e. The van der Waals surface area contributed by atoms with Crippen LogP contribution in [0.4, 0.5) is 0 Å². The van der Waals surface area contributed by atoms with Crippen molar-refractivity contribution in [3.63, 3.8) is 0 Å². The van der Waals surface area contributed by atoms with Gasteiger partial charge in [-0.05, 0) is 30.3 Å². The molecule has 0 saturated carbocycles. The van der Waals surface area contributed by atoms with E-state index in [4.69, 9.17) is 11.6 Å². The van der Waals surface area contributed by atoms with Crippen molar-refractivity contribution in [2.45, 2.75) is 32.6 Å². The molecule has 1 nitrogen and oxygen atoms in total. The molecule has 16 heavy (non-hydrogen) atoms. The standard InChI is InChI=1S/C14H20ClN/c1-2-3-4-7-11-16-12-10-13-8-5-6-9-14(13)15/h5-6,8-10,12,16H,2-4,7,11H2,1H3. The number of rotatable bonds is 7. The Labute approximate surface area is 104 Å². The van der Waals surface area contributed by atoms with Gasteiger partial charge in [0.1, 0.15) is 0 Å². The predicted molar refractivity (Wildman–Crippen MR) is 72.6 cm³/mol. The summed E-state index contributed by atoms with van der Waals surface area (Å²) in [6, 6.07) is 7.85. The number of benzene rings is 1. The van der Waals surface area contributed by atoms with E-state index in [1.165, 1.54) is 25.7 Å². The maximum absolute atomic E-state index is 6.03. The Kier molecular flexibility index (Phi) is 6.75. The Morgan fingerprint density at radius 3 is 2.75 bits per heavy atom. The van der Waals surface area contributed by atoms with Gasteiger partial charge in [-0.2, -0.15) is 0 Å². The van der Waals surface area contributed by atoms with Gasteiger partial charge in [0.05, 0.1) is 0 Å². The zero-order chi connectivity index (χ0) is 11.6. The van der Waals surface area contributed by atoms with Crippen LogP contribution in [0.15, 0.2) is 30.5 Å². The van der Waals surface area contributed by atoms with Crippen molar-refractivity contribution in [2.75, 3.05) is 6.54 Å². The summed E-state index contributed by atoms with van der Waals surface area (Å²) in [4.78, 5) is 0. The molecule has 2 heteroatoms. The zero-order valence-corrected chi connectivity index (χ0v) is 10.6. The molecular weight excluding hydrogens is 218 g/mol. The molecule has 0 saturated heterocycles. The molecule has 0 aliphatic heterocycles. The van der Waals surface area contributed by atoms with Crippen LogP contribution in [0, 0.1) is 0 Å². The predicted octanol–water partition coefficient (Wildman–Crippen LogP) is 4.48. The van der Waals surface area contributed by atoms with Crippen LogP contribution in [0.1, 0.15) is 38.2 Å². The molecule has 1 N–H and O–H groups in total. The highest BCUT2D eigenvalue weighted by atomic mass is 35.5. The molecule has 0 bridgehead atoms. The highest BCUT2D eigenvalue weighted by Crippen LogP contribution is 2.15. The van der Waals surface area contributed by atoms with E-state index in [9.17, 15) is 0 Å². The van der Waals surface area contributed by atoms with E-state index in [0.717, 1.165) is 17.1 Å². The average molecular weight is 238 g/mol. The molecule has 0 spiro atoms. The van der Waals surface area contributed by atoms with E-state index in [0.29, 0.717) is 0 Å². The highest BCUT2D eigenvalue weighted by molar-refractivity contribution is 6.32. The summed E-state index contributed by atoms with van der Waals surface area (Å²) in [5.74, 6) is 0. The summed E-state index contributed by atoms with van der Waals surface area (Å²) in [5, 5.41) is 4.08. The monoisotopic (exact) mass is 237 g/mol. The van der Waals surface area contributed by atoms with Crippen LogP contribution in [0.5, 0.6) is 0 Å². The van der Waals surface area contributed by atoms with Crippen molar-refractivity contribution in [3.05, 3.63) is 41.1 Å². The second-order valence-corrected chi connectivity index (χ2v) is 4.28. The molecule has 0 aliphatic rings. The molecule has 1 rings (SSSR count). The van der Waals surface area contributed by atoms with E-state index >= 15 is 0 Å². The lowest BCUT2D eigenvalue weighted by Gasteiger charge is -2.00. The Morgan fingerprint density at radius 2 is 2.00 bits per heavy atom. The fourth-order valence-electron chi connectivity index (χ4n) is 1.50. The van der Waals surface area contributed by atoms with Crippen LogP contribution in [0.3, 0.4) is 0 Å². The normalized spacial score (nSPS) is 10.9.